The monoisotopic (exact) mass is 416 g/mol. The van der Waals surface area contributed by atoms with Crippen LogP contribution in [-0.2, 0) is 14.8 Å². The molecule has 4 rings (SSSR count). The van der Waals surface area contributed by atoms with Crippen molar-refractivity contribution < 1.29 is 17.6 Å². The minimum absolute atomic E-state index is 0.223. The molecule has 154 valence electrons. The standard InChI is InChI=1S/C20H24N4O4S/c1-15-6-8-23(9-7-15)20-18(14-21)22-19(28-20)16-2-4-17(5-3-16)29(25,26)24-10-12-27-13-11-24/h2-5,15H,6-13H2,1H3. The lowest BCUT2D eigenvalue weighted by Crippen LogP contribution is -2.40. The molecule has 2 aliphatic rings. The number of hydrogen-bond acceptors (Lipinski definition) is 7. The van der Waals surface area contributed by atoms with Gasteiger partial charge >= 0.3 is 0 Å². The van der Waals surface area contributed by atoms with Crippen LogP contribution in [0.5, 0.6) is 0 Å². The second kappa shape index (κ2) is 8.14. The number of morpholine rings is 1. The smallest absolute Gasteiger partial charge is 0.243 e. The van der Waals surface area contributed by atoms with Gasteiger partial charge in [0.1, 0.15) is 6.07 Å². The predicted octanol–water partition coefficient (Wildman–Crippen LogP) is 2.47. The van der Waals surface area contributed by atoms with E-state index < -0.39 is 10.0 Å². The highest BCUT2D eigenvalue weighted by Crippen LogP contribution is 2.31. The Labute approximate surface area is 170 Å². The molecule has 0 aliphatic carbocycles. The van der Waals surface area contributed by atoms with Gasteiger partial charge in [-0.15, -0.1) is 0 Å². The number of piperidine rings is 1. The Morgan fingerprint density at radius 3 is 2.38 bits per heavy atom. The lowest BCUT2D eigenvalue weighted by Gasteiger charge is -2.29. The third kappa shape index (κ3) is 4.01. The number of ether oxygens (including phenoxy) is 1. The number of oxazole rings is 1. The summed E-state index contributed by atoms with van der Waals surface area (Å²) < 4.78 is 38.1. The fourth-order valence-corrected chi connectivity index (χ4v) is 5.05. The molecular formula is C20H24N4O4S. The van der Waals surface area contributed by atoms with E-state index in [2.05, 4.69) is 22.9 Å². The van der Waals surface area contributed by atoms with Gasteiger partial charge in [0.05, 0.1) is 18.1 Å². The summed E-state index contributed by atoms with van der Waals surface area (Å²) in [5.74, 6) is 1.49. The van der Waals surface area contributed by atoms with Gasteiger partial charge in [0.2, 0.25) is 27.5 Å². The van der Waals surface area contributed by atoms with Crippen LogP contribution in [0.4, 0.5) is 5.88 Å². The predicted molar refractivity (Wildman–Crippen MR) is 107 cm³/mol. The first-order chi connectivity index (χ1) is 14.0. The number of aromatic nitrogens is 1. The van der Waals surface area contributed by atoms with Gasteiger partial charge in [-0.2, -0.15) is 14.6 Å². The Balaban J connectivity index is 1.57. The molecule has 9 heteroatoms. The molecule has 0 bridgehead atoms. The molecule has 1 aromatic carbocycles. The van der Waals surface area contributed by atoms with E-state index in [4.69, 9.17) is 9.15 Å². The van der Waals surface area contributed by atoms with Gasteiger partial charge in [-0.05, 0) is 43.0 Å². The van der Waals surface area contributed by atoms with Gasteiger partial charge in [-0.1, -0.05) is 6.92 Å². The zero-order chi connectivity index (χ0) is 20.4. The zero-order valence-electron chi connectivity index (χ0n) is 16.4. The van der Waals surface area contributed by atoms with Gasteiger partial charge in [0, 0.05) is 31.7 Å². The van der Waals surface area contributed by atoms with Crippen LogP contribution < -0.4 is 4.90 Å². The number of nitriles is 1. The summed E-state index contributed by atoms with van der Waals surface area (Å²) in [5, 5.41) is 9.46. The molecule has 29 heavy (non-hydrogen) atoms. The van der Waals surface area contributed by atoms with Crippen LogP contribution >= 0.6 is 0 Å². The van der Waals surface area contributed by atoms with Crippen LogP contribution in [0.1, 0.15) is 25.5 Å². The Bertz CT molecular complexity index is 996. The maximum Gasteiger partial charge on any atom is 0.243 e. The molecule has 0 atom stereocenters. The van der Waals surface area contributed by atoms with Crippen LogP contribution in [0.3, 0.4) is 0 Å². The average molecular weight is 417 g/mol. The van der Waals surface area contributed by atoms with Crippen molar-refractivity contribution in [2.24, 2.45) is 5.92 Å². The van der Waals surface area contributed by atoms with E-state index in [9.17, 15) is 13.7 Å². The molecule has 1 aromatic heterocycles. The van der Waals surface area contributed by atoms with Crippen molar-refractivity contribution in [1.82, 2.24) is 9.29 Å². The SMILES string of the molecule is CC1CCN(c2oc(-c3ccc(S(=O)(=O)N4CCOCC4)cc3)nc2C#N)CC1. The highest BCUT2D eigenvalue weighted by molar-refractivity contribution is 7.89. The van der Waals surface area contributed by atoms with Crippen molar-refractivity contribution in [3.05, 3.63) is 30.0 Å². The van der Waals surface area contributed by atoms with E-state index in [-0.39, 0.29) is 10.6 Å². The second-order valence-corrected chi connectivity index (χ2v) is 9.43. The van der Waals surface area contributed by atoms with Crippen LogP contribution in [-0.4, -0.2) is 57.1 Å². The molecule has 0 saturated carbocycles. The number of hydrogen-bond donors (Lipinski definition) is 0. The Morgan fingerprint density at radius 2 is 1.76 bits per heavy atom. The van der Waals surface area contributed by atoms with Crippen molar-refractivity contribution in [1.29, 1.82) is 5.26 Å². The molecule has 0 unspecified atom stereocenters. The van der Waals surface area contributed by atoms with Crippen LogP contribution in [0.25, 0.3) is 11.5 Å². The first kappa shape index (κ1) is 19.9. The van der Waals surface area contributed by atoms with E-state index in [0.717, 1.165) is 25.9 Å². The molecule has 2 fully saturated rings. The third-order valence-electron chi connectivity index (χ3n) is 5.50. The molecule has 0 N–H and O–H groups in total. The van der Waals surface area contributed by atoms with E-state index in [1.54, 1.807) is 24.3 Å². The minimum Gasteiger partial charge on any atom is -0.419 e. The van der Waals surface area contributed by atoms with Crippen LogP contribution in [0, 0.1) is 17.2 Å². The van der Waals surface area contributed by atoms with Crippen LogP contribution in [0.15, 0.2) is 33.6 Å². The lowest BCUT2D eigenvalue weighted by atomic mass is 9.99. The van der Waals surface area contributed by atoms with E-state index in [0.29, 0.717) is 49.6 Å². The molecule has 2 aromatic rings. The van der Waals surface area contributed by atoms with Crippen molar-refractivity contribution in [2.75, 3.05) is 44.3 Å². The molecular weight excluding hydrogens is 392 g/mol. The highest BCUT2D eigenvalue weighted by atomic mass is 32.2. The largest absolute Gasteiger partial charge is 0.419 e. The van der Waals surface area contributed by atoms with Crippen molar-refractivity contribution in [2.45, 2.75) is 24.7 Å². The van der Waals surface area contributed by atoms with Crippen molar-refractivity contribution >= 4 is 15.9 Å². The van der Waals surface area contributed by atoms with E-state index >= 15 is 0 Å². The Morgan fingerprint density at radius 1 is 1.10 bits per heavy atom. The fourth-order valence-electron chi connectivity index (χ4n) is 3.64. The second-order valence-electron chi connectivity index (χ2n) is 7.49. The average Bonchev–Trinajstić information content (AvgIpc) is 3.19. The third-order valence-corrected chi connectivity index (χ3v) is 7.41. The maximum atomic E-state index is 12.8. The molecule has 0 amide bonds. The topological polar surface area (TPSA) is 99.7 Å². The normalized spacial score (nSPS) is 19.2. The number of benzene rings is 1. The zero-order valence-corrected chi connectivity index (χ0v) is 17.2. The fraction of sp³-hybridized carbons (Fsp3) is 0.500. The Hall–Kier alpha value is -2.41. The summed E-state index contributed by atoms with van der Waals surface area (Å²) in [7, 11) is -3.55. The van der Waals surface area contributed by atoms with Gasteiger partial charge in [-0.25, -0.2) is 8.42 Å². The van der Waals surface area contributed by atoms with E-state index in [1.807, 2.05) is 0 Å². The maximum absolute atomic E-state index is 12.8. The summed E-state index contributed by atoms with van der Waals surface area (Å²) in [6.07, 6.45) is 2.10. The minimum atomic E-state index is -3.55. The quantitative estimate of drug-likeness (QED) is 0.755. The molecule has 2 aliphatic heterocycles. The number of sulfonamides is 1. The van der Waals surface area contributed by atoms with Gasteiger partial charge in [-0.3, -0.25) is 0 Å². The van der Waals surface area contributed by atoms with Gasteiger partial charge in [0.25, 0.3) is 0 Å². The van der Waals surface area contributed by atoms with Crippen molar-refractivity contribution in [3.8, 4) is 17.5 Å². The summed E-state index contributed by atoms with van der Waals surface area (Å²) in [6.45, 7) is 5.41. The molecule has 0 radical (unpaired) electrons. The molecule has 2 saturated heterocycles. The van der Waals surface area contributed by atoms with Gasteiger partial charge < -0.3 is 14.1 Å². The molecule has 8 nitrogen and oxygen atoms in total. The first-order valence-electron chi connectivity index (χ1n) is 9.83. The first-order valence-corrected chi connectivity index (χ1v) is 11.3. The van der Waals surface area contributed by atoms with Crippen molar-refractivity contribution in [3.63, 3.8) is 0 Å². The number of nitrogens with zero attached hydrogens (tertiary/aromatic N) is 4. The van der Waals surface area contributed by atoms with Crippen LogP contribution in [0.2, 0.25) is 0 Å². The summed E-state index contributed by atoms with van der Waals surface area (Å²) in [6, 6.07) is 8.56. The van der Waals surface area contributed by atoms with Gasteiger partial charge in [0.15, 0.2) is 0 Å². The summed E-state index contributed by atoms with van der Waals surface area (Å²) in [4.78, 5) is 6.61. The number of rotatable bonds is 4. The van der Waals surface area contributed by atoms with E-state index in [1.165, 1.54) is 4.31 Å². The number of anilines is 1. The summed E-state index contributed by atoms with van der Waals surface area (Å²) in [5.41, 5.74) is 0.902. The highest BCUT2D eigenvalue weighted by Gasteiger charge is 2.27. The molecule has 0 spiro atoms. The lowest BCUT2D eigenvalue weighted by molar-refractivity contribution is 0.0730. The summed E-state index contributed by atoms with van der Waals surface area (Å²) >= 11 is 0. The molecule has 3 heterocycles. The Kier molecular flexibility index (Phi) is 5.58.